The molecule has 3 nitrogen and oxygen atoms in total. The second-order valence-electron chi connectivity index (χ2n) is 5.13. The van der Waals surface area contributed by atoms with Crippen LogP contribution in [0.1, 0.15) is 31.7 Å². The Morgan fingerprint density at radius 3 is 2.78 bits per heavy atom. The third kappa shape index (κ3) is 4.56. The lowest BCUT2D eigenvalue weighted by Gasteiger charge is -2.29. The smallest absolute Gasteiger partial charge is 0.129 e. The van der Waals surface area contributed by atoms with Crippen molar-refractivity contribution in [1.29, 1.82) is 0 Å². The van der Waals surface area contributed by atoms with Crippen molar-refractivity contribution < 1.29 is 0 Å². The van der Waals surface area contributed by atoms with Gasteiger partial charge in [-0.2, -0.15) is 0 Å². The summed E-state index contributed by atoms with van der Waals surface area (Å²) in [5.74, 6) is 0. The van der Waals surface area contributed by atoms with Crippen LogP contribution in [0.2, 0.25) is 5.15 Å². The average Bonchev–Trinajstić information content (AvgIpc) is 2.39. The van der Waals surface area contributed by atoms with Crippen molar-refractivity contribution in [2.45, 2.75) is 38.8 Å². The van der Waals surface area contributed by atoms with Gasteiger partial charge in [-0.1, -0.05) is 24.1 Å². The summed E-state index contributed by atoms with van der Waals surface area (Å²) in [6, 6.07) is 4.38. The van der Waals surface area contributed by atoms with E-state index in [2.05, 4.69) is 22.1 Å². The number of likely N-dealkylation sites (tertiary alicyclic amines) is 1. The molecule has 2 heterocycles. The van der Waals surface area contributed by atoms with Crippen LogP contribution < -0.4 is 5.32 Å². The lowest BCUT2D eigenvalue weighted by atomic mass is 10.1. The van der Waals surface area contributed by atoms with Gasteiger partial charge in [0, 0.05) is 25.3 Å². The van der Waals surface area contributed by atoms with Crippen molar-refractivity contribution in [1.82, 2.24) is 15.2 Å². The van der Waals surface area contributed by atoms with Crippen LogP contribution in [0, 0.1) is 0 Å². The molecule has 0 bridgehead atoms. The SMILES string of the molecule is CC(CN1CCCCC1)NCc1ccc(Cl)nc1. The maximum absolute atomic E-state index is 5.77. The molecule has 0 radical (unpaired) electrons. The Morgan fingerprint density at radius 1 is 1.33 bits per heavy atom. The van der Waals surface area contributed by atoms with Gasteiger partial charge in [0.1, 0.15) is 5.15 Å². The van der Waals surface area contributed by atoms with Gasteiger partial charge in [-0.25, -0.2) is 4.98 Å². The summed E-state index contributed by atoms with van der Waals surface area (Å²) >= 11 is 5.77. The second kappa shape index (κ2) is 7.07. The van der Waals surface area contributed by atoms with Crippen LogP contribution in [0.25, 0.3) is 0 Å². The zero-order chi connectivity index (χ0) is 12.8. The molecule has 0 spiro atoms. The average molecular weight is 268 g/mol. The minimum Gasteiger partial charge on any atom is -0.309 e. The summed E-state index contributed by atoms with van der Waals surface area (Å²) in [4.78, 5) is 6.64. The van der Waals surface area contributed by atoms with E-state index in [0.717, 1.165) is 13.1 Å². The zero-order valence-corrected chi connectivity index (χ0v) is 11.8. The quantitative estimate of drug-likeness (QED) is 0.832. The number of nitrogens with zero attached hydrogens (tertiary/aromatic N) is 2. The molecule has 0 aromatic carbocycles. The molecule has 4 heteroatoms. The van der Waals surface area contributed by atoms with Gasteiger partial charge in [0.05, 0.1) is 0 Å². The number of hydrogen-bond acceptors (Lipinski definition) is 3. The van der Waals surface area contributed by atoms with E-state index >= 15 is 0 Å². The van der Waals surface area contributed by atoms with E-state index in [0.29, 0.717) is 11.2 Å². The number of halogens is 1. The van der Waals surface area contributed by atoms with Crippen LogP contribution in [-0.2, 0) is 6.54 Å². The fourth-order valence-corrected chi connectivity index (χ4v) is 2.51. The molecule has 1 N–H and O–H groups in total. The van der Waals surface area contributed by atoms with Gasteiger partial charge in [0.15, 0.2) is 0 Å². The van der Waals surface area contributed by atoms with Gasteiger partial charge < -0.3 is 10.2 Å². The zero-order valence-electron chi connectivity index (χ0n) is 11.0. The van der Waals surface area contributed by atoms with E-state index in [1.54, 1.807) is 0 Å². The molecule has 0 aliphatic carbocycles. The van der Waals surface area contributed by atoms with E-state index in [1.807, 2.05) is 18.3 Å². The number of nitrogens with one attached hydrogen (secondary N) is 1. The van der Waals surface area contributed by atoms with E-state index in [1.165, 1.54) is 37.9 Å². The van der Waals surface area contributed by atoms with Crippen molar-refractivity contribution in [3.63, 3.8) is 0 Å². The van der Waals surface area contributed by atoms with E-state index in [4.69, 9.17) is 11.6 Å². The first kappa shape index (κ1) is 13.8. The normalized spacial score (nSPS) is 18.8. The van der Waals surface area contributed by atoms with E-state index in [-0.39, 0.29) is 0 Å². The summed E-state index contributed by atoms with van der Waals surface area (Å²) in [5, 5.41) is 4.10. The van der Waals surface area contributed by atoms with E-state index in [9.17, 15) is 0 Å². The molecule has 1 aliphatic rings. The van der Waals surface area contributed by atoms with Gasteiger partial charge >= 0.3 is 0 Å². The molecule has 1 saturated heterocycles. The van der Waals surface area contributed by atoms with Gasteiger partial charge in [-0.15, -0.1) is 0 Å². The molecule has 1 fully saturated rings. The maximum Gasteiger partial charge on any atom is 0.129 e. The highest BCUT2D eigenvalue weighted by Crippen LogP contribution is 2.09. The minimum absolute atomic E-state index is 0.513. The summed E-state index contributed by atoms with van der Waals surface area (Å²) in [5.41, 5.74) is 1.19. The Balaban J connectivity index is 1.70. The molecule has 100 valence electrons. The number of rotatable bonds is 5. The summed E-state index contributed by atoms with van der Waals surface area (Å²) < 4.78 is 0. The van der Waals surface area contributed by atoms with Gasteiger partial charge in [-0.05, 0) is 44.5 Å². The molecule has 1 atom stereocenters. The second-order valence-corrected chi connectivity index (χ2v) is 5.52. The van der Waals surface area contributed by atoms with Crippen LogP contribution in [0.4, 0.5) is 0 Å². The first-order chi connectivity index (χ1) is 8.74. The Bertz CT molecular complexity index is 347. The number of pyridine rings is 1. The fraction of sp³-hybridized carbons (Fsp3) is 0.643. The van der Waals surface area contributed by atoms with E-state index < -0.39 is 0 Å². The minimum atomic E-state index is 0.513. The lowest BCUT2D eigenvalue weighted by Crippen LogP contribution is -2.41. The van der Waals surface area contributed by atoms with Gasteiger partial charge in [-0.3, -0.25) is 0 Å². The Morgan fingerprint density at radius 2 is 2.11 bits per heavy atom. The van der Waals surface area contributed by atoms with Crippen molar-refractivity contribution in [3.8, 4) is 0 Å². The topological polar surface area (TPSA) is 28.2 Å². The van der Waals surface area contributed by atoms with Gasteiger partial charge in [0.25, 0.3) is 0 Å². The van der Waals surface area contributed by atoms with Crippen LogP contribution >= 0.6 is 11.6 Å². The van der Waals surface area contributed by atoms with Crippen LogP contribution in [0.3, 0.4) is 0 Å². The fourth-order valence-electron chi connectivity index (χ4n) is 2.40. The third-order valence-corrected chi connectivity index (χ3v) is 3.65. The summed E-state index contributed by atoms with van der Waals surface area (Å²) in [7, 11) is 0. The molecule has 1 aliphatic heterocycles. The monoisotopic (exact) mass is 267 g/mol. The number of aromatic nitrogens is 1. The molecule has 1 aromatic heterocycles. The molecular formula is C14H22ClN3. The van der Waals surface area contributed by atoms with Crippen molar-refractivity contribution in [3.05, 3.63) is 29.0 Å². The molecule has 0 amide bonds. The largest absolute Gasteiger partial charge is 0.309 e. The highest BCUT2D eigenvalue weighted by atomic mass is 35.5. The number of hydrogen-bond donors (Lipinski definition) is 1. The maximum atomic E-state index is 5.77. The molecule has 18 heavy (non-hydrogen) atoms. The first-order valence-electron chi connectivity index (χ1n) is 6.80. The lowest BCUT2D eigenvalue weighted by molar-refractivity contribution is 0.209. The first-order valence-corrected chi connectivity index (χ1v) is 7.18. The number of piperidine rings is 1. The Kier molecular flexibility index (Phi) is 5.42. The highest BCUT2D eigenvalue weighted by Gasteiger charge is 2.12. The van der Waals surface area contributed by atoms with Crippen LogP contribution in [0.15, 0.2) is 18.3 Å². The predicted octanol–water partition coefficient (Wildman–Crippen LogP) is 2.70. The summed E-state index contributed by atoms with van der Waals surface area (Å²) in [6.07, 6.45) is 5.94. The third-order valence-electron chi connectivity index (χ3n) is 3.42. The van der Waals surface area contributed by atoms with Gasteiger partial charge in [0.2, 0.25) is 0 Å². The molecule has 2 rings (SSSR count). The standard InChI is InChI=1S/C14H22ClN3/c1-12(11-18-7-3-2-4-8-18)16-9-13-5-6-14(15)17-10-13/h5-6,10,12,16H,2-4,7-9,11H2,1H3. The van der Waals surface area contributed by atoms with Crippen LogP contribution in [-0.4, -0.2) is 35.6 Å². The van der Waals surface area contributed by atoms with Crippen molar-refractivity contribution in [2.24, 2.45) is 0 Å². The highest BCUT2D eigenvalue weighted by molar-refractivity contribution is 6.29. The van der Waals surface area contributed by atoms with Crippen LogP contribution in [0.5, 0.6) is 0 Å². The van der Waals surface area contributed by atoms with Crippen molar-refractivity contribution >= 4 is 11.6 Å². The molecule has 1 aromatic rings. The molecular weight excluding hydrogens is 246 g/mol. The summed E-state index contributed by atoms with van der Waals surface area (Å²) in [6.45, 7) is 6.77. The molecule has 1 unspecified atom stereocenters. The predicted molar refractivity (Wildman–Crippen MR) is 75.8 cm³/mol. The van der Waals surface area contributed by atoms with Crippen molar-refractivity contribution in [2.75, 3.05) is 19.6 Å². The Labute approximate surface area is 115 Å². The molecule has 0 saturated carbocycles. The Hall–Kier alpha value is -0.640.